The molecule has 8 heteroatoms. The summed E-state index contributed by atoms with van der Waals surface area (Å²) in [7, 11) is 0. The first kappa shape index (κ1) is 18.9. The zero-order chi connectivity index (χ0) is 20.1. The van der Waals surface area contributed by atoms with E-state index in [1.165, 1.54) is 6.39 Å². The van der Waals surface area contributed by atoms with E-state index in [0.717, 1.165) is 12.8 Å². The normalized spacial score (nSPS) is 15.9. The van der Waals surface area contributed by atoms with E-state index in [1.807, 2.05) is 18.2 Å². The van der Waals surface area contributed by atoms with Crippen molar-refractivity contribution in [3.05, 3.63) is 60.5 Å². The van der Waals surface area contributed by atoms with Crippen LogP contribution in [0, 0.1) is 0 Å². The van der Waals surface area contributed by atoms with Crippen molar-refractivity contribution in [1.82, 2.24) is 15.1 Å². The van der Waals surface area contributed by atoms with Gasteiger partial charge in [0, 0.05) is 30.0 Å². The van der Waals surface area contributed by atoms with Crippen molar-refractivity contribution in [3.63, 3.8) is 0 Å². The summed E-state index contributed by atoms with van der Waals surface area (Å²) in [5, 5.41) is 20.6. The summed E-state index contributed by atoms with van der Waals surface area (Å²) < 4.78 is 10.9. The number of anilines is 1. The van der Waals surface area contributed by atoms with Crippen LogP contribution in [0.4, 0.5) is 10.5 Å². The zero-order valence-corrected chi connectivity index (χ0v) is 15.8. The highest BCUT2D eigenvalue weighted by molar-refractivity contribution is 5.90. The molecular weight excluding hydrogens is 372 g/mol. The Morgan fingerprint density at radius 3 is 2.90 bits per heavy atom. The van der Waals surface area contributed by atoms with Crippen LogP contribution in [-0.2, 0) is 11.3 Å². The predicted octanol–water partition coefficient (Wildman–Crippen LogP) is 3.66. The molecule has 1 aliphatic rings. The molecule has 2 aromatic carbocycles. The van der Waals surface area contributed by atoms with E-state index in [-0.39, 0.29) is 24.4 Å². The average Bonchev–Trinajstić information content (AvgIpc) is 3.43. The number of benzene rings is 2. The molecule has 1 aliphatic heterocycles. The molecule has 0 saturated carbocycles. The number of phenolic OH excluding ortho intramolecular Hbond substituents is 1. The summed E-state index contributed by atoms with van der Waals surface area (Å²) in [6, 6.07) is 14.0. The van der Waals surface area contributed by atoms with Crippen LogP contribution in [0.25, 0.3) is 11.5 Å². The minimum Gasteiger partial charge on any atom is -0.508 e. The summed E-state index contributed by atoms with van der Waals surface area (Å²) in [6.45, 7) is 1.44. The molecule has 2 heterocycles. The molecule has 0 bridgehead atoms. The summed E-state index contributed by atoms with van der Waals surface area (Å²) >= 11 is 0. The minimum absolute atomic E-state index is 0.00340. The van der Waals surface area contributed by atoms with Gasteiger partial charge in [0.2, 0.25) is 12.3 Å². The van der Waals surface area contributed by atoms with E-state index in [0.29, 0.717) is 35.9 Å². The number of aromatic hydroxyl groups is 1. The Bertz CT molecular complexity index is 955. The van der Waals surface area contributed by atoms with Crippen molar-refractivity contribution in [3.8, 4) is 17.2 Å². The third kappa shape index (κ3) is 4.72. The van der Waals surface area contributed by atoms with Gasteiger partial charge in [-0.3, -0.25) is 0 Å². The van der Waals surface area contributed by atoms with Crippen molar-refractivity contribution >= 4 is 11.7 Å². The fourth-order valence-electron chi connectivity index (χ4n) is 3.33. The lowest BCUT2D eigenvalue weighted by Crippen LogP contribution is -2.39. The van der Waals surface area contributed by atoms with Crippen LogP contribution < -0.4 is 5.32 Å². The lowest BCUT2D eigenvalue weighted by molar-refractivity contribution is 0.0817. The molecule has 2 amide bonds. The molecular formula is C21H22N4O4. The van der Waals surface area contributed by atoms with Crippen molar-refractivity contribution in [2.24, 2.45) is 0 Å². The second-order valence-corrected chi connectivity index (χ2v) is 6.90. The molecule has 0 aliphatic carbocycles. The quantitative estimate of drug-likeness (QED) is 0.662. The summed E-state index contributed by atoms with van der Waals surface area (Å²) in [6.07, 6.45) is 3.16. The van der Waals surface area contributed by atoms with E-state index in [2.05, 4.69) is 15.5 Å². The van der Waals surface area contributed by atoms with Crippen LogP contribution in [-0.4, -0.2) is 45.5 Å². The molecule has 0 unspecified atom stereocenters. The first-order valence-corrected chi connectivity index (χ1v) is 9.50. The van der Waals surface area contributed by atoms with Gasteiger partial charge < -0.3 is 24.5 Å². The molecule has 1 aromatic heterocycles. The van der Waals surface area contributed by atoms with Gasteiger partial charge in [-0.2, -0.15) is 0 Å². The predicted molar refractivity (Wildman–Crippen MR) is 106 cm³/mol. The molecule has 0 radical (unpaired) electrons. The standard InChI is InChI=1S/C21H22N4O4/c26-19-9-2-1-5-16(19)12-25(13-18-8-4-10-28-18)21(27)23-17-7-3-6-15(11-17)20-24-22-14-29-20/h1-3,5-7,9,11,14,18,26H,4,8,10,12-13H2,(H,23,27)/t18-/m1/s1. The number of carbonyl (C=O) groups excluding carboxylic acids is 1. The van der Waals surface area contributed by atoms with Crippen LogP contribution in [0.5, 0.6) is 5.75 Å². The highest BCUT2D eigenvalue weighted by Gasteiger charge is 2.23. The number of hydrogen-bond acceptors (Lipinski definition) is 6. The molecule has 0 spiro atoms. The van der Waals surface area contributed by atoms with Gasteiger partial charge in [-0.1, -0.05) is 24.3 Å². The highest BCUT2D eigenvalue weighted by Crippen LogP contribution is 2.23. The third-order valence-corrected chi connectivity index (χ3v) is 4.81. The SMILES string of the molecule is O=C(Nc1cccc(-c2nnco2)c1)N(Cc1ccccc1O)C[C@H]1CCCO1. The number of nitrogens with one attached hydrogen (secondary N) is 1. The Hall–Kier alpha value is -3.39. The van der Waals surface area contributed by atoms with Gasteiger partial charge in [-0.25, -0.2) is 4.79 Å². The lowest BCUT2D eigenvalue weighted by Gasteiger charge is -2.26. The Balaban J connectivity index is 1.51. The van der Waals surface area contributed by atoms with Gasteiger partial charge in [0.25, 0.3) is 0 Å². The van der Waals surface area contributed by atoms with E-state index < -0.39 is 0 Å². The topological polar surface area (TPSA) is 101 Å². The van der Waals surface area contributed by atoms with Gasteiger partial charge in [0.1, 0.15) is 5.75 Å². The number of aromatic nitrogens is 2. The maximum atomic E-state index is 13.0. The number of ether oxygens (including phenoxy) is 1. The van der Waals surface area contributed by atoms with E-state index in [1.54, 1.807) is 35.2 Å². The Labute approximate surface area is 168 Å². The number of phenols is 1. The fraction of sp³-hybridized carbons (Fsp3) is 0.286. The first-order valence-electron chi connectivity index (χ1n) is 9.50. The first-order chi connectivity index (χ1) is 14.2. The number of nitrogens with zero attached hydrogens (tertiary/aromatic N) is 3. The van der Waals surface area contributed by atoms with Crippen LogP contribution in [0.2, 0.25) is 0 Å². The fourth-order valence-corrected chi connectivity index (χ4v) is 3.33. The molecule has 1 saturated heterocycles. The number of hydrogen-bond donors (Lipinski definition) is 2. The number of rotatable bonds is 6. The Kier molecular flexibility index (Phi) is 5.71. The maximum Gasteiger partial charge on any atom is 0.322 e. The van der Waals surface area contributed by atoms with Crippen LogP contribution in [0.15, 0.2) is 59.3 Å². The Morgan fingerprint density at radius 1 is 1.24 bits per heavy atom. The second-order valence-electron chi connectivity index (χ2n) is 6.90. The van der Waals surface area contributed by atoms with Gasteiger partial charge in [0.05, 0.1) is 12.6 Å². The van der Waals surface area contributed by atoms with Gasteiger partial charge >= 0.3 is 6.03 Å². The monoisotopic (exact) mass is 394 g/mol. The summed E-state index contributed by atoms with van der Waals surface area (Å²) in [4.78, 5) is 14.7. The number of carbonyl (C=O) groups is 1. The lowest BCUT2D eigenvalue weighted by atomic mass is 10.1. The molecule has 2 N–H and O–H groups in total. The average molecular weight is 394 g/mol. The highest BCUT2D eigenvalue weighted by atomic mass is 16.5. The van der Waals surface area contributed by atoms with Crippen LogP contribution in [0.1, 0.15) is 18.4 Å². The molecule has 8 nitrogen and oxygen atoms in total. The van der Waals surface area contributed by atoms with Crippen molar-refractivity contribution < 1.29 is 19.1 Å². The van der Waals surface area contributed by atoms with E-state index in [9.17, 15) is 9.90 Å². The van der Waals surface area contributed by atoms with Gasteiger partial charge in [-0.05, 0) is 37.1 Å². The van der Waals surface area contributed by atoms with Gasteiger partial charge in [-0.15, -0.1) is 10.2 Å². The van der Waals surface area contributed by atoms with Gasteiger partial charge in [0.15, 0.2) is 0 Å². The van der Waals surface area contributed by atoms with Crippen LogP contribution in [0.3, 0.4) is 0 Å². The zero-order valence-electron chi connectivity index (χ0n) is 15.8. The minimum atomic E-state index is -0.272. The van der Waals surface area contributed by atoms with Crippen molar-refractivity contribution in [2.45, 2.75) is 25.5 Å². The molecule has 3 aromatic rings. The maximum absolute atomic E-state index is 13.0. The molecule has 1 fully saturated rings. The number of urea groups is 1. The van der Waals surface area contributed by atoms with Crippen molar-refractivity contribution in [1.29, 1.82) is 0 Å². The molecule has 1 atom stereocenters. The number of para-hydroxylation sites is 1. The molecule has 150 valence electrons. The summed E-state index contributed by atoms with van der Waals surface area (Å²) in [5.41, 5.74) is 2.01. The second kappa shape index (κ2) is 8.74. The number of amides is 2. The Morgan fingerprint density at radius 2 is 2.14 bits per heavy atom. The smallest absolute Gasteiger partial charge is 0.322 e. The third-order valence-electron chi connectivity index (χ3n) is 4.81. The summed E-state index contributed by atoms with van der Waals surface area (Å²) in [5.74, 6) is 0.544. The molecule has 4 rings (SSSR count). The molecule has 29 heavy (non-hydrogen) atoms. The largest absolute Gasteiger partial charge is 0.508 e. The van der Waals surface area contributed by atoms with Crippen molar-refractivity contribution in [2.75, 3.05) is 18.5 Å². The van der Waals surface area contributed by atoms with Crippen LogP contribution >= 0.6 is 0 Å². The van der Waals surface area contributed by atoms with E-state index >= 15 is 0 Å². The van der Waals surface area contributed by atoms with E-state index in [4.69, 9.17) is 9.15 Å².